The van der Waals surface area contributed by atoms with Crippen molar-refractivity contribution < 1.29 is 0 Å². The Bertz CT molecular complexity index is 453. The van der Waals surface area contributed by atoms with E-state index >= 15 is 0 Å². The van der Waals surface area contributed by atoms with Crippen molar-refractivity contribution in [1.82, 2.24) is 4.98 Å². The van der Waals surface area contributed by atoms with Crippen LogP contribution >= 0.6 is 23.4 Å². The molecule has 0 N–H and O–H groups in total. The van der Waals surface area contributed by atoms with Crippen molar-refractivity contribution in [3.05, 3.63) is 47.7 Å². The maximum atomic E-state index is 5.85. The number of nitrogens with zero attached hydrogens (tertiary/aromatic N) is 1. The second-order valence-corrected chi connectivity index (χ2v) is 4.37. The number of thioether (sulfide) groups is 1. The Morgan fingerprint density at radius 1 is 1.13 bits per heavy atom. The molecule has 1 nitrogen and oxygen atoms in total. The van der Waals surface area contributed by atoms with Gasteiger partial charge in [-0.1, -0.05) is 23.7 Å². The fourth-order valence-electron chi connectivity index (χ4n) is 1.41. The van der Waals surface area contributed by atoms with Crippen molar-refractivity contribution in [3.8, 4) is 11.1 Å². The molecular weight excluding hydrogens is 226 g/mol. The molecule has 0 amide bonds. The van der Waals surface area contributed by atoms with Crippen molar-refractivity contribution in [2.24, 2.45) is 0 Å². The monoisotopic (exact) mass is 235 g/mol. The molecule has 2 rings (SSSR count). The molecule has 2 aromatic rings. The summed E-state index contributed by atoms with van der Waals surface area (Å²) < 4.78 is 0. The summed E-state index contributed by atoms with van der Waals surface area (Å²) in [6.07, 6.45) is 5.76. The van der Waals surface area contributed by atoms with Crippen LogP contribution in [0.2, 0.25) is 5.02 Å². The normalized spacial score (nSPS) is 10.3. The van der Waals surface area contributed by atoms with Crippen LogP contribution in [0.15, 0.2) is 47.6 Å². The number of hydrogen-bond acceptors (Lipinski definition) is 2. The van der Waals surface area contributed by atoms with E-state index in [9.17, 15) is 0 Å². The van der Waals surface area contributed by atoms with Gasteiger partial charge >= 0.3 is 0 Å². The summed E-state index contributed by atoms with van der Waals surface area (Å²) in [5.74, 6) is 0. The largest absolute Gasteiger partial charge is 0.264 e. The highest BCUT2D eigenvalue weighted by molar-refractivity contribution is 7.98. The molecule has 0 bridgehead atoms. The molecule has 76 valence electrons. The molecule has 0 saturated heterocycles. The molecule has 0 aliphatic heterocycles. The average molecular weight is 236 g/mol. The molecule has 0 saturated carbocycles. The Morgan fingerprint density at radius 2 is 1.87 bits per heavy atom. The fraction of sp³-hybridized carbons (Fsp3) is 0.0833. The molecule has 3 heteroatoms. The summed E-state index contributed by atoms with van der Waals surface area (Å²) in [5.41, 5.74) is 2.30. The third-order valence-electron chi connectivity index (χ3n) is 2.16. The second kappa shape index (κ2) is 4.69. The minimum Gasteiger partial charge on any atom is -0.264 e. The summed E-state index contributed by atoms with van der Waals surface area (Å²) in [7, 11) is 0. The van der Waals surface area contributed by atoms with Gasteiger partial charge in [-0.25, -0.2) is 0 Å². The summed E-state index contributed by atoms with van der Waals surface area (Å²) >= 11 is 7.57. The van der Waals surface area contributed by atoms with Gasteiger partial charge in [0.2, 0.25) is 0 Å². The summed E-state index contributed by atoms with van der Waals surface area (Å²) in [5, 5.41) is 0.758. The molecule has 0 fully saturated rings. The predicted octanol–water partition coefficient (Wildman–Crippen LogP) is 4.12. The highest BCUT2D eigenvalue weighted by atomic mass is 35.5. The number of benzene rings is 1. The van der Waals surface area contributed by atoms with E-state index in [-0.39, 0.29) is 0 Å². The quantitative estimate of drug-likeness (QED) is 0.727. The van der Waals surface area contributed by atoms with Crippen molar-refractivity contribution in [2.45, 2.75) is 4.90 Å². The van der Waals surface area contributed by atoms with Crippen LogP contribution in [-0.2, 0) is 0 Å². The van der Waals surface area contributed by atoms with Gasteiger partial charge in [-0.2, -0.15) is 0 Å². The third kappa shape index (κ3) is 2.33. The van der Waals surface area contributed by atoms with Gasteiger partial charge in [0.15, 0.2) is 0 Å². The minimum absolute atomic E-state index is 0.758. The topological polar surface area (TPSA) is 12.9 Å². The van der Waals surface area contributed by atoms with Crippen LogP contribution in [0, 0.1) is 0 Å². The summed E-state index contributed by atoms with van der Waals surface area (Å²) in [4.78, 5) is 5.37. The zero-order chi connectivity index (χ0) is 10.7. The Hall–Kier alpha value is -0.990. The molecule has 1 aromatic heterocycles. The Morgan fingerprint density at radius 3 is 2.53 bits per heavy atom. The van der Waals surface area contributed by atoms with E-state index in [1.165, 1.54) is 4.90 Å². The number of hydrogen-bond donors (Lipinski definition) is 0. The maximum absolute atomic E-state index is 5.85. The van der Waals surface area contributed by atoms with E-state index in [1.54, 1.807) is 11.8 Å². The summed E-state index contributed by atoms with van der Waals surface area (Å²) in [6, 6.07) is 9.84. The van der Waals surface area contributed by atoms with Crippen molar-refractivity contribution in [3.63, 3.8) is 0 Å². The van der Waals surface area contributed by atoms with E-state index in [0.29, 0.717) is 0 Å². The molecule has 0 aliphatic rings. The van der Waals surface area contributed by atoms with Gasteiger partial charge in [0.05, 0.1) is 0 Å². The lowest BCUT2D eigenvalue weighted by Gasteiger charge is -2.06. The zero-order valence-electron chi connectivity index (χ0n) is 8.27. The number of pyridine rings is 1. The lowest BCUT2D eigenvalue weighted by atomic mass is 10.1. The van der Waals surface area contributed by atoms with Crippen LogP contribution in [0.25, 0.3) is 11.1 Å². The van der Waals surface area contributed by atoms with Crippen molar-refractivity contribution >= 4 is 23.4 Å². The standard InChI is InChI=1S/C12H10ClNS/c1-15-12-6-7-14-8-11(12)9-2-4-10(13)5-3-9/h2-8H,1H3. The molecular formula is C12H10ClNS. The van der Waals surface area contributed by atoms with Gasteiger partial charge in [0.25, 0.3) is 0 Å². The van der Waals surface area contributed by atoms with Gasteiger partial charge in [-0.3, -0.25) is 4.98 Å². The van der Waals surface area contributed by atoms with Gasteiger partial charge in [-0.15, -0.1) is 11.8 Å². The van der Waals surface area contributed by atoms with Gasteiger partial charge in [-0.05, 0) is 30.0 Å². The lowest BCUT2D eigenvalue weighted by molar-refractivity contribution is 1.27. The Balaban J connectivity index is 2.49. The third-order valence-corrected chi connectivity index (χ3v) is 3.20. The molecule has 15 heavy (non-hydrogen) atoms. The molecule has 1 heterocycles. The maximum Gasteiger partial charge on any atom is 0.0406 e. The Labute approximate surface area is 98.5 Å². The van der Waals surface area contributed by atoms with E-state index in [4.69, 9.17) is 11.6 Å². The minimum atomic E-state index is 0.758. The number of rotatable bonds is 2. The van der Waals surface area contributed by atoms with Crippen molar-refractivity contribution in [1.29, 1.82) is 0 Å². The number of aromatic nitrogens is 1. The van der Waals surface area contributed by atoms with Crippen LogP contribution < -0.4 is 0 Å². The molecule has 0 spiro atoms. The van der Waals surface area contributed by atoms with Gasteiger partial charge < -0.3 is 0 Å². The first-order chi connectivity index (χ1) is 7.31. The first-order valence-electron chi connectivity index (χ1n) is 4.55. The lowest BCUT2D eigenvalue weighted by Crippen LogP contribution is -1.83. The van der Waals surface area contributed by atoms with E-state index in [2.05, 4.69) is 11.2 Å². The Kier molecular flexibility index (Phi) is 3.29. The van der Waals surface area contributed by atoms with Crippen LogP contribution in [0.3, 0.4) is 0 Å². The van der Waals surface area contributed by atoms with E-state index in [1.807, 2.05) is 42.7 Å². The molecule has 0 atom stereocenters. The predicted molar refractivity (Wildman–Crippen MR) is 66.5 cm³/mol. The zero-order valence-corrected chi connectivity index (χ0v) is 9.85. The molecule has 0 aliphatic carbocycles. The second-order valence-electron chi connectivity index (χ2n) is 3.08. The molecule has 0 unspecified atom stereocenters. The SMILES string of the molecule is CSc1ccncc1-c1ccc(Cl)cc1. The highest BCUT2D eigenvalue weighted by Gasteiger charge is 2.03. The van der Waals surface area contributed by atoms with Crippen LogP contribution in [-0.4, -0.2) is 11.2 Å². The van der Waals surface area contributed by atoms with Crippen LogP contribution in [0.1, 0.15) is 0 Å². The van der Waals surface area contributed by atoms with E-state index in [0.717, 1.165) is 16.1 Å². The van der Waals surface area contributed by atoms with Crippen molar-refractivity contribution in [2.75, 3.05) is 6.26 Å². The highest BCUT2D eigenvalue weighted by Crippen LogP contribution is 2.29. The first-order valence-corrected chi connectivity index (χ1v) is 6.15. The average Bonchev–Trinajstić information content (AvgIpc) is 2.30. The van der Waals surface area contributed by atoms with Crippen LogP contribution in [0.4, 0.5) is 0 Å². The fourth-order valence-corrected chi connectivity index (χ4v) is 2.12. The van der Waals surface area contributed by atoms with Gasteiger partial charge in [0.1, 0.15) is 0 Å². The molecule has 1 aromatic carbocycles. The number of halogens is 1. The van der Waals surface area contributed by atoms with E-state index < -0.39 is 0 Å². The van der Waals surface area contributed by atoms with Gasteiger partial charge in [0, 0.05) is 27.9 Å². The smallest absolute Gasteiger partial charge is 0.0406 e. The summed E-state index contributed by atoms with van der Waals surface area (Å²) in [6.45, 7) is 0. The van der Waals surface area contributed by atoms with Crippen LogP contribution in [0.5, 0.6) is 0 Å². The molecule has 0 radical (unpaired) electrons. The first kappa shape index (κ1) is 10.5.